The third kappa shape index (κ3) is 8.85. The topological polar surface area (TPSA) is 55.8 Å². The largest absolute Gasteiger partial charge is 0.469 e. The van der Waals surface area contributed by atoms with Gasteiger partial charge in [0.1, 0.15) is 0 Å². The normalized spacial score (nSPS) is 14.7. The van der Waals surface area contributed by atoms with Gasteiger partial charge in [0.25, 0.3) is 0 Å². The lowest BCUT2D eigenvalue weighted by Gasteiger charge is -2.43. The summed E-state index contributed by atoms with van der Waals surface area (Å²) in [6.07, 6.45) is 7.08. The highest BCUT2D eigenvalue weighted by atomic mass is 79.9. The number of allylic oxidation sites excluding steroid dienone is 1. The first-order valence-corrected chi connectivity index (χ1v) is 16.1. The Morgan fingerprint density at radius 3 is 2.28 bits per heavy atom. The minimum atomic E-state index is -1.94. The molecule has 7 heteroatoms. The number of rotatable bonds is 14. The van der Waals surface area contributed by atoms with Gasteiger partial charge in [-0.25, -0.2) is 0 Å². The number of carbonyl (C=O) groups excluding carboxylic acids is 2. The van der Waals surface area contributed by atoms with E-state index in [9.17, 15) is 9.59 Å². The summed E-state index contributed by atoms with van der Waals surface area (Å²) in [7, 11) is -0.541. The molecular formula is C29H44BrNO4Si. The monoisotopic (exact) mass is 577 g/mol. The van der Waals surface area contributed by atoms with Crippen LogP contribution in [0.25, 0.3) is 6.08 Å². The van der Waals surface area contributed by atoms with E-state index in [0.717, 1.165) is 5.56 Å². The Balaban J connectivity index is 3.51. The molecule has 0 bridgehead atoms. The van der Waals surface area contributed by atoms with Gasteiger partial charge in [-0.05, 0) is 43.0 Å². The number of hydrogen-bond acceptors (Lipinski definition) is 4. The van der Waals surface area contributed by atoms with Crippen LogP contribution in [0.15, 0.2) is 60.1 Å². The third-order valence-electron chi connectivity index (χ3n) is 7.06. The van der Waals surface area contributed by atoms with Crippen molar-refractivity contribution in [1.82, 2.24) is 4.90 Å². The molecule has 0 saturated heterocycles. The fourth-order valence-corrected chi connectivity index (χ4v) is 5.37. The molecule has 0 heterocycles. The van der Waals surface area contributed by atoms with E-state index in [-0.39, 0.29) is 23.5 Å². The molecule has 200 valence electrons. The van der Waals surface area contributed by atoms with Crippen molar-refractivity contribution in [2.45, 2.75) is 71.1 Å². The predicted molar refractivity (Wildman–Crippen MR) is 156 cm³/mol. The van der Waals surface area contributed by atoms with Gasteiger partial charge in [-0.3, -0.25) is 9.59 Å². The molecule has 2 atom stereocenters. The number of nitrogens with zero attached hydrogens (tertiary/aromatic N) is 1. The van der Waals surface area contributed by atoms with Crippen molar-refractivity contribution in [1.29, 1.82) is 0 Å². The summed E-state index contributed by atoms with van der Waals surface area (Å²) in [6, 6.07) is 9.23. The van der Waals surface area contributed by atoms with Gasteiger partial charge in [0.15, 0.2) is 8.32 Å². The second-order valence-electron chi connectivity index (χ2n) is 10.7. The average Bonchev–Trinajstić information content (AvgIpc) is 2.79. The van der Waals surface area contributed by atoms with Gasteiger partial charge >= 0.3 is 5.97 Å². The number of carbonyl (C=O) groups is 2. The van der Waals surface area contributed by atoms with Gasteiger partial charge < -0.3 is 14.1 Å². The van der Waals surface area contributed by atoms with Gasteiger partial charge in [-0.2, -0.15) is 0 Å². The SMILES string of the molecule is C=CC[C@@](CCCO[Si](C)(C)C(C)(C)C)(C(=O)OC)[C@H](/C=C/c1ccccc1)N(CC(=C)Br)C(C)=O. The molecule has 1 aromatic rings. The molecular weight excluding hydrogens is 534 g/mol. The van der Waals surface area contributed by atoms with E-state index in [1.165, 1.54) is 14.0 Å². The molecule has 1 rings (SSSR count). The fourth-order valence-electron chi connectivity index (χ4n) is 4.01. The van der Waals surface area contributed by atoms with Crippen LogP contribution in [0.4, 0.5) is 0 Å². The molecule has 0 aliphatic carbocycles. The molecule has 0 aromatic heterocycles. The van der Waals surface area contributed by atoms with E-state index < -0.39 is 19.8 Å². The summed E-state index contributed by atoms with van der Waals surface area (Å²) >= 11 is 3.41. The molecule has 1 amide bonds. The molecule has 0 saturated carbocycles. The first kappa shape index (κ1) is 32.1. The lowest BCUT2D eigenvalue weighted by atomic mass is 9.72. The zero-order valence-electron chi connectivity index (χ0n) is 23.1. The van der Waals surface area contributed by atoms with Crippen molar-refractivity contribution in [2.24, 2.45) is 5.41 Å². The first-order chi connectivity index (χ1) is 16.7. The molecule has 0 aliphatic heterocycles. The van der Waals surface area contributed by atoms with E-state index >= 15 is 0 Å². The van der Waals surface area contributed by atoms with Crippen LogP contribution in [0.1, 0.15) is 52.5 Å². The third-order valence-corrected chi connectivity index (χ3v) is 11.8. The lowest BCUT2D eigenvalue weighted by molar-refractivity contribution is -0.158. The zero-order valence-corrected chi connectivity index (χ0v) is 25.7. The number of hydrogen-bond donors (Lipinski definition) is 0. The van der Waals surface area contributed by atoms with Gasteiger partial charge in [0.2, 0.25) is 5.91 Å². The second kappa shape index (κ2) is 14.1. The van der Waals surface area contributed by atoms with Crippen LogP contribution in [-0.4, -0.2) is 51.4 Å². The van der Waals surface area contributed by atoms with Crippen molar-refractivity contribution in [3.8, 4) is 0 Å². The summed E-state index contributed by atoms with van der Waals surface area (Å²) in [6.45, 7) is 21.2. The smallest absolute Gasteiger partial charge is 0.314 e. The Bertz CT molecular complexity index is 923. The van der Waals surface area contributed by atoms with E-state index in [1.54, 1.807) is 11.0 Å². The van der Waals surface area contributed by atoms with Crippen LogP contribution in [0.3, 0.4) is 0 Å². The van der Waals surface area contributed by atoms with Crippen LogP contribution in [0.2, 0.25) is 18.1 Å². The average molecular weight is 579 g/mol. The number of esters is 1. The number of benzene rings is 1. The highest BCUT2D eigenvalue weighted by Crippen LogP contribution is 2.40. The molecule has 0 spiro atoms. The summed E-state index contributed by atoms with van der Waals surface area (Å²) < 4.78 is 12.4. The molecule has 0 fully saturated rings. The summed E-state index contributed by atoms with van der Waals surface area (Å²) in [4.78, 5) is 28.1. The van der Waals surface area contributed by atoms with Crippen molar-refractivity contribution in [3.05, 3.63) is 65.7 Å². The standard InChI is InChI=1S/C29H44BrNO4Si/c1-10-19-29(27(33)34-7,20-14-21-35-36(8,9)28(4,5)6)26(31(24(3)32)22-23(2)30)18-17-25-15-12-11-13-16-25/h10-13,15-18,26H,1-2,14,19-22H2,3-9H3/b18-17+/t26-,29-/m0/s1. The first-order valence-electron chi connectivity index (χ1n) is 12.4. The van der Waals surface area contributed by atoms with Crippen LogP contribution in [0.5, 0.6) is 0 Å². The van der Waals surface area contributed by atoms with E-state index in [0.29, 0.717) is 30.4 Å². The predicted octanol–water partition coefficient (Wildman–Crippen LogP) is 7.36. The molecule has 0 N–H and O–H groups in total. The number of amides is 1. The van der Waals surface area contributed by atoms with Crippen LogP contribution in [-0.2, 0) is 18.8 Å². The van der Waals surface area contributed by atoms with Crippen LogP contribution >= 0.6 is 15.9 Å². The van der Waals surface area contributed by atoms with Crippen molar-refractivity contribution in [2.75, 3.05) is 20.3 Å². The molecule has 1 aromatic carbocycles. The highest BCUT2D eigenvalue weighted by Gasteiger charge is 2.48. The van der Waals surface area contributed by atoms with E-state index in [4.69, 9.17) is 9.16 Å². The molecule has 0 aliphatic rings. The molecule has 36 heavy (non-hydrogen) atoms. The van der Waals surface area contributed by atoms with Gasteiger partial charge in [-0.1, -0.05) is 91.8 Å². The van der Waals surface area contributed by atoms with Crippen molar-refractivity contribution in [3.63, 3.8) is 0 Å². The summed E-state index contributed by atoms with van der Waals surface area (Å²) in [5, 5.41) is 0.0934. The van der Waals surface area contributed by atoms with Crippen molar-refractivity contribution < 1.29 is 18.8 Å². The summed E-state index contributed by atoms with van der Waals surface area (Å²) in [5.74, 6) is -0.531. The maximum absolute atomic E-state index is 13.5. The van der Waals surface area contributed by atoms with Crippen LogP contribution < -0.4 is 0 Å². The summed E-state index contributed by atoms with van der Waals surface area (Å²) in [5.41, 5.74) is -0.0607. The molecule has 0 unspecified atom stereocenters. The van der Waals surface area contributed by atoms with Gasteiger partial charge in [0.05, 0.1) is 25.1 Å². The fraction of sp³-hybridized carbons (Fsp3) is 0.517. The molecule has 5 nitrogen and oxygen atoms in total. The second-order valence-corrected chi connectivity index (χ2v) is 16.7. The van der Waals surface area contributed by atoms with Gasteiger partial charge in [0, 0.05) is 18.0 Å². The van der Waals surface area contributed by atoms with Crippen LogP contribution in [0, 0.1) is 5.41 Å². The maximum atomic E-state index is 13.5. The zero-order chi connectivity index (χ0) is 27.6. The minimum Gasteiger partial charge on any atom is -0.469 e. The number of halogens is 1. The number of methoxy groups -OCH3 is 1. The Labute approximate surface area is 227 Å². The Hall–Kier alpha value is -1.96. The minimum absolute atomic E-state index is 0.0934. The van der Waals surface area contributed by atoms with E-state index in [1.807, 2.05) is 42.5 Å². The Morgan fingerprint density at radius 1 is 1.19 bits per heavy atom. The molecule has 0 radical (unpaired) electrons. The van der Waals surface area contributed by atoms with Gasteiger partial charge in [-0.15, -0.1) is 6.58 Å². The lowest BCUT2D eigenvalue weighted by Crippen LogP contribution is -2.53. The quantitative estimate of drug-likeness (QED) is 0.100. The number of ether oxygens (including phenoxy) is 1. The van der Waals surface area contributed by atoms with E-state index in [2.05, 4.69) is 63.0 Å². The Kier molecular flexibility index (Phi) is 12.6. The van der Waals surface area contributed by atoms with Crippen molar-refractivity contribution >= 4 is 42.2 Å². The Morgan fingerprint density at radius 2 is 1.81 bits per heavy atom. The maximum Gasteiger partial charge on any atom is 0.314 e. The highest BCUT2D eigenvalue weighted by molar-refractivity contribution is 9.11.